The predicted molar refractivity (Wildman–Crippen MR) is 94.2 cm³/mol. The second-order valence-electron chi connectivity index (χ2n) is 6.19. The van der Waals surface area contributed by atoms with E-state index in [-0.39, 0.29) is 29.1 Å². The van der Waals surface area contributed by atoms with Crippen molar-refractivity contribution in [3.8, 4) is 0 Å². The van der Waals surface area contributed by atoms with Gasteiger partial charge in [0.25, 0.3) is 11.5 Å². The average molecular weight is 349 g/mol. The summed E-state index contributed by atoms with van der Waals surface area (Å²) in [5.41, 5.74) is 2.20. The molecule has 7 heteroatoms. The molecule has 0 atom stereocenters. The number of nitrogens with one attached hydrogen (secondary N) is 1. The third kappa shape index (κ3) is 2.63. The minimum Gasteiger partial charge on any atom is -0.478 e. The van der Waals surface area contributed by atoms with Gasteiger partial charge in [0.05, 0.1) is 11.1 Å². The van der Waals surface area contributed by atoms with Crippen LogP contribution in [0, 0.1) is 0 Å². The molecule has 0 fully saturated rings. The van der Waals surface area contributed by atoms with Crippen LogP contribution in [0.1, 0.15) is 31.8 Å². The molecule has 1 amide bonds. The predicted octanol–water partition coefficient (Wildman–Crippen LogP) is 1.82. The highest BCUT2D eigenvalue weighted by Gasteiger charge is 2.25. The van der Waals surface area contributed by atoms with E-state index < -0.39 is 5.97 Å². The van der Waals surface area contributed by atoms with Gasteiger partial charge in [0.2, 0.25) is 0 Å². The van der Waals surface area contributed by atoms with Crippen LogP contribution in [0.3, 0.4) is 0 Å². The Morgan fingerprint density at radius 3 is 2.88 bits per heavy atom. The maximum Gasteiger partial charge on any atom is 0.336 e. The molecular formula is C19H15N3O4. The molecule has 0 bridgehead atoms. The Labute approximate surface area is 147 Å². The number of carbonyl (C=O) groups is 2. The molecule has 130 valence electrons. The number of rotatable bonds is 2. The lowest BCUT2D eigenvalue weighted by molar-refractivity contribution is 0.0677. The molecule has 1 aliphatic heterocycles. The molecule has 1 aliphatic rings. The number of carboxylic acid groups (broad SMARTS) is 1. The van der Waals surface area contributed by atoms with Crippen LogP contribution >= 0.6 is 0 Å². The first-order valence-corrected chi connectivity index (χ1v) is 8.15. The van der Waals surface area contributed by atoms with Gasteiger partial charge in [0.15, 0.2) is 0 Å². The number of amides is 1. The fourth-order valence-electron chi connectivity index (χ4n) is 3.33. The number of hydrogen-bond donors (Lipinski definition) is 2. The average Bonchev–Trinajstić information content (AvgIpc) is 2.66. The van der Waals surface area contributed by atoms with Gasteiger partial charge in [-0.05, 0) is 35.7 Å². The summed E-state index contributed by atoms with van der Waals surface area (Å²) in [6, 6.07) is 8.50. The van der Waals surface area contributed by atoms with Gasteiger partial charge in [0, 0.05) is 30.9 Å². The van der Waals surface area contributed by atoms with E-state index >= 15 is 0 Å². The third-order valence-electron chi connectivity index (χ3n) is 4.65. The van der Waals surface area contributed by atoms with Crippen molar-refractivity contribution in [2.45, 2.75) is 13.0 Å². The summed E-state index contributed by atoms with van der Waals surface area (Å²) in [7, 11) is 0. The monoisotopic (exact) mass is 349 g/mol. The largest absolute Gasteiger partial charge is 0.478 e. The topological polar surface area (TPSA) is 103 Å². The summed E-state index contributed by atoms with van der Waals surface area (Å²) in [5, 5.41) is 9.97. The molecule has 3 heterocycles. The maximum atomic E-state index is 12.9. The van der Waals surface area contributed by atoms with Crippen LogP contribution in [0.15, 0.2) is 47.5 Å². The second-order valence-corrected chi connectivity index (χ2v) is 6.19. The number of aromatic amines is 1. The van der Waals surface area contributed by atoms with Crippen LogP contribution in [0.2, 0.25) is 0 Å². The minimum atomic E-state index is -0.997. The van der Waals surface area contributed by atoms with Crippen molar-refractivity contribution < 1.29 is 14.7 Å². The number of hydrogen-bond acceptors (Lipinski definition) is 4. The summed E-state index contributed by atoms with van der Waals surface area (Å²) in [6.45, 7) is 0.742. The standard InChI is InChI=1S/C19H15N3O4/c23-17-16-12(4-6-20-17)8-13(9-21-16)18(24)22-7-5-11-2-1-3-14(19(25)26)15(11)10-22/h1-4,6,8-9H,5,7,10H2,(H,20,23)(H,25,26). The van der Waals surface area contributed by atoms with Crippen LogP contribution in [0.25, 0.3) is 10.9 Å². The molecule has 0 saturated heterocycles. The van der Waals surface area contributed by atoms with Crippen LogP contribution in [0.4, 0.5) is 0 Å². The number of pyridine rings is 2. The Balaban J connectivity index is 1.68. The molecule has 3 aromatic rings. The van der Waals surface area contributed by atoms with Crippen LogP contribution < -0.4 is 5.56 Å². The zero-order chi connectivity index (χ0) is 18.3. The smallest absolute Gasteiger partial charge is 0.336 e. The molecule has 1 aromatic carbocycles. The molecule has 0 unspecified atom stereocenters. The van der Waals surface area contributed by atoms with E-state index in [1.165, 1.54) is 12.4 Å². The SMILES string of the molecule is O=C(O)c1cccc2c1CN(C(=O)c1cnc3c(=O)[nH]ccc3c1)CC2. The fraction of sp³-hybridized carbons (Fsp3) is 0.158. The number of carbonyl (C=O) groups excluding carboxylic acids is 1. The van der Waals surface area contributed by atoms with Crippen molar-refractivity contribution in [1.82, 2.24) is 14.9 Å². The highest BCUT2D eigenvalue weighted by molar-refractivity contribution is 5.97. The van der Waals surface area contributed by atoms with Gasteiger partial charge in [-0.25, -0.2) is 9.78 Å². The molecule has 0 saturated carbocycles. The lowest BCUT2D eigenvalue weighted by atomic mass is 9.94. The molecular weight excluding hydrogens is 334 g/mol. The van der Waals surface area contributed by atoms with E-state index in [2.05, 4.69) is 9.97 Å². The number of carboxylic acids is 1. The summed E-state index contributed by atoms with van der Waals surface area (Å²) in [5.74, 6) is -1.23. The van der Waals surface area contributed by atoms with E-state index in [4.69, 9.17) is 0 Å². The molecule has 2 aromatic heterocycles. The van der Waals surface area contributed by atoms with Gasteiger partial charge >= 0.3 is 5.97 Å². The zero-order valence-corrected chi connectivity index (χ0v) is 13.7. The van der Waals surface area contributed by atoms with Crippen molar-refractivity contribution in [3.05, 3.63) is 75.3 Å². The van der Waals surface area contributed by atoms with Gasteiger partial charge in [-0.15, -0.1) is 0 Å². The van der Waals surface area contributed by atoms with Crippen LogP contribution in [0.5, 0.6) is 0 Å². The quantitative estimate of drug-likeness (QED) is 0.734. The van der Waals surface area contributed by atoms with Gasteiger partial charge in [-0.1, -0.05) is 12.1 Å². The van der Waals surface area contributed by atoms with Gasteiger partial charge < -0.3 is 15.0 Å². The number of H-pyrrole nitrogens is 1. The number of benzene rings is 1. The lowest BCUT2D eigenvalue weighted by Crippen LogP contribution is -2.36. The lowest BCUT2D eigenvalue weighted by Gasteiger charge is -2.29. The van der Waals surface area contributed by atoms with Crippen molar-refractivity contribution >= 4 is 22.8 Å². The van der Waals surface area contributed by atoms with Gasteiger partial charge in [-0.2, -0.15) is 0 Å². The maximum absolute atomic E-state index is 12.9. The van der Waals surface area contributed by atoms with E-state index in [1.807, 2.05) is 6.07 Å². The Kier molecular flexibility index (Phi) is 3.76. The van der Waals surface area contributed by atoms with E-state index in [9.17, 15) is 19.5 Å². The molecule has 7 nitrogen and oxygen atoms in total. The van der Waals surface area contributed by atoms with E-state index in [0.717, 1.165) is 5.56 Å². The summed E-state index contributed by atoms with van der Waals surface area (Å²) in [4.78, 5) is 44.3. The van der Waals surface area contributed by atoms with Crippen molar-refractivity contribution in [2.24, 2.45) is 0 Å². The first kappa shape index (κ1) is 16.0. The molecule has 4 rings (SSSR count). The zero-order valence-electron chi connectivity index (χ0n) is 13.7. The molecule has 2 N–H and O–H groups in total. The number of fused-ring (bicyclic) bond motifs is 2. The molecule has 0 spiro atoms. The van der Waals surface area contributed by atoms with Crippen LogP contribution in [-0.2, 0) is 13.0 Å². The number of nitrogens with zero attached hydrogens (tertiary/aromatic N) is 2. The highest BCUT2D eigenvalue weighted by atomic mass is 16.4. The summed E-state index contributed by atoms with van der Waals surface area (Å²) in [6.07, 6.45) is 3.50. The molecule has 0 aliphatic carbocycles. The highest BCUT2D eigenvalue weighted by Crippen LogP contribution is 2.24. The Morgan fingerprint density at radius 2 is 2.08 bits per heavy atom. The third-order valence-corrected chi connectivity index (χ3v) is 4.65. The minimum absolute atomic E-state index is 0.225. The summed E-state index contributed by atoms with van der Waals surface area (Å²) >= 11 is 0. The van der Waals surface area contributed by atoms with Gasteiger partial charge in [0.1, 0.15) is 5.52 Å². The van der Waals surface area contributed by atoms with Gasteiger partial charge in [-0.3, -0.25) is 9.59 Å². The summed E-state index contributed by atoms with van der Waals surface area (Å²) < 4.78 is 0. The van der Waals surface area contributed by atoms with Crippen molar-refractivity contribution in [3.63, 3.8) is 0 Å². The Hall–Kier alpha value is -3.48. The van der Waals surface area contributed by atoms with E-state index in [1.54, 1.807) is 29.2 Å². The normalized spacial score (nSPS) is 13.5. The Morgan fingerprint density at radius 1 is 1.23 bits per heavy atom. The Bertz CT molecular complexity index is 1100. The number of aromatic carboxylic acids is 1. The van der Waals surface area contributed by atoms with Crippen LogP contribution in [-0.4, -0.2) is 38.4 Å². The molecule has 0 radical (unpaired) electrons. The molecule has 26 heavy (non-hydrogen) atoms. The van der Waals surface area contributed by atoms with Crippen molar-refractivity contribution in [1.29, 1.82) is 0 Å². The van der Waals surface area contributed by atoms with E-state index in [0.29, 0.717) is 29.5 Å². The second kappa shape index (κ2) is 6.11. The fourth-order valence-corrected chi connectivity index (χ4v) is 3.33. The first-order chi connectivity index (χ1) is 12.5. The first-order valence-electron chi connectivity index (χ1n) is 8.15. The number of aromatic nitrogens is 2. The van der Waals surface area contributed by atoms with Crippen molar-refractivity contribution in [2.75, 3.05) is 6.54 Å².